The van der Waals surface area contributed by atoms with Gasteiger partial charge in [0, 0.05) is 24.0 Å². The molecule has 1 aliphatic rings. The van der Waals surface area contributed by atoms with E-state index in [9.17, 15) is 0 Å². The summed E-state index contributed by atoms with van der Waals surface area (Å²) in [7, 11) is 3.64. The fourth-order valence-corrected chi connectivity index (χ4v) is 2.74. The van der Waals surface area contributed by atoms with Gasteiger partial charge in [0.15, 0.2) is 0 Å². The average molecular weight is 255 g/mol. The summed E-state index contributed by atoms with van der Waals surface area (Å²) in [4.78, 5) is 8.58. The number of hydrogen-bond donors (Lipinski definition) is 1. The number of benzene rings is 1. The van der Waals surface area contributed by atoms with Crippen LogP contribution >= 0.6 is 0 Å². The molecular weight excluding hydrogens is 238 g/mol. The first-order valence-corrected chi connectivity index (χ1v) is 6.49. The van der Waals surface area contributed by atoms with Crippen molar-refractivity contribution in [3.05, 3.63) is 41.7 Å². The Kier molecular flexibility index (Phi) is 3.17. The average Bonchev–Trinajstić information content (AvgIpc) is 2.89. The molecule has 1 atom stereocenters. The molecule has 3 rings (SSSR count). The van der Waals surface area contributed by atoms with Crippen molar-refractivity contribution in [2.45, 2.75) is 18.9 Å². The SMILES string of the molecule is CNC1CCc2cc(-c3nccnc3OC)ccc21. The lowest BCUT2D eigenvalue weighted by molar-refractivity contribution is 0.398. The summed E-state index contributed by atoms with van der Waals surface area (Å²) < 4.78 is 5.28. The van der Waals surface area contributed by atoms with Crippen molar-refractivity contribution in [2.24, 2.45) is 0 Å². The highest BCUT2D eigenvalue weighted by atomic mass is 16.5. The molecule has 1 heterocycles. The maximum atomic E-state index is 5.28. The topological polar surface area (TPSA) is 47.0 Å². The third-order valence-corrected chi connectivity index (χ3v) is 3.70. The maximum absolute atomic E-state index is 5.28. The van der Waals surface area contributed by atoms with Crippen molar-refractivity contribution >= 4 is 0 Å². The van der Waals surface area contributed by atoms with E-state index in [4.69, 9.17) is 4.74 Å². The van der Waals surface area contributed by atoms with Crippen molar-refractivity contribution in [1.82, 2.24) is 15.3 Å². The second kappa shape index (κ2) is 4.97. The lowest BCUT2D eigenvalue weighted by Gasteiger charge is -2.11. The summed E-state index contributed by atoms with van der Waals surface area (Å²) in [5, 5.41) is 3.35. The molecule has 1 unspecified atom stereocenters. The van der Waals surface area contributed by atoms with Gasteiger partial charge in [-0.05, 0) is 37.1 Å². The van der Waals surface area contributed by atoms with Gasteiger partial charge in [-0.3, -0.25) is 0 Å². The number of nitrogens with one attached hydrogen (secondary N) is 1. The van der Waals surface area contributed by atoms with E-state index in [1.54, 1.807) is 19.5 Å². The van der Waals surface area contributed by atoms with Gasteiger partial charge in [0.25, 0.3) is 0 Å². The van der Waals surface area contributed by atoms with Crippen LogP contribution in [0.1, 0.15) is 23.6 Å². The van der Waals surface area contributed by atoms with Crippen LogP contribution in [0.15, 0.2) is 30.6 Å². The number of fused-ring (bicyclic) bond motifs is 1. The Bertz CT molecular complexity index is 598. The van der Waals surface area contributed by atoms with Crippen LogP contribution in [-0.2, 0) is 6.42 Å². The van der Waals surface area contributed by atoms with Gasteiger partial charge >= 0.3 is 0 Å². The van der Waals surface area contributed by atoms with E-state index in [2.05, 4.69) is 33.5 Å². The molecule has 4 heteroatoms. The molecule has 4 nitrogen and oxygen atoms in total. The molecule has 1 aromatic carbocycles. The van der Waals surface area contributed by atoms with Crippen molar-refractivity contribution in [3.8, 4) is 17.1 Å². The van der Waals surface area contributed by atoms with Gasteiger partial charge in [-0.15, -0.1) is 0 Å². The van der Waals surface area contributed by atoms with Crippen LogP contribution in [0.3, 0.4) is 0 Å². The van der Waals surface area contributed by atoms with Crippen LogP contribution in [0.25, 0.3) is 11.3 Å². The molecule has 0 radical (unpaired) electrons. The van der Waals surface area contributed by atoms with Crippen LogP contribution in [0, 0.1) is 0 Å². The van der Waals surface area contributed by atoms with Crippen molar-refractivity contribution < 1.29 is 4.74 Å². The normalized spacial score (nSPS) is 17.3. The quantitative estimate of drug-likeness (QED) is 0.914. The summed E-state index contributed by atoms with van der Waals surface area (Å²) in [6.45, 7) is 0. The molecule has 19 heavy (non-hydrogen) atoms. The highest BCUT2D eigenvalue weighted by Crippen LogP contribution is 2.35. The van der Waals surface area contributed by atoms with E-state index in [0.29, 0.717) is 11.9 Å². The first kappa shape index (κ1) is 12.1. The molecule has 0 spiro atoms. The molecule has 1 aliphatic carbocycles. The van der Waals surface area contributed by atoms with E-state index in [1.807, 2.05) is 7.05 Å². The third kappa shape index (κ3) is 2.08. The zero-order valence-corrected chi connectivity index (χ0v) is 11.2. The van der Waals surface area contributed by atoms with Gasteiger partial charge in [0.2, 0.25) is 5.88 Å². The summed E-state index contributed by atoms with van der Waals surface area (Å²) in [6.07, 6.45) is 5.61. The summed E-state index contributed by atoms with van der Waals surface area (Å²) in [5.74, 6) is 0.575. The third-order valence-electron chi connectivity index (χ3n) is 3.70. The molecule has 0 fully saturated rings. The monoisotopic (exact) mass is 255 g/mol. The number of aryl methyl sites for hydroxylation is 1. The minimum atomic E-state index is 0.479. The van der Waals surface area contributed by atoms with Crippen LogP contribution in [-0.4, -0.2) is 24.1 Å². The van der Waals surface area contributed by atoms with E-state index in [-0.39, 0.29) is 0 Å². The second-order valence-electron chi connectivity index (χ2n) is 4.71. The number of hydrogen-bond acceptors (Lipinski definition) is 4. The minimum absolute atomic E-state index is 0.479. The molecule has 2 aromatic rings. The van der Waals surface area contributed by atoms with Crippen molar-refractivity contribution in [2.75, 3.05) is 14.2 Å². The fourth-order valence-electron chi connectivity index (χ4n) is 2.74. The lowest BCUT2D eigenvalue weighted by atomic mass is 10.0. The van der Waals surface area contributed by atoms with Gasteiger partial charge in [-0.25, -0.2) is 9.97 Å². The van der Waals surface area contributed by atoms with E-state index in [0.717, 1.165) is 24.1 Å². The predicted octanol–water partition coefficient (Wildman–Crippen LogP) is 2.36. The summed E-state index contributed by atoms with van der Waals surface area (Å²) >= 11 is 0. The Morgan fingerprint density at radius 3 is 2.89 bits per heavy atom. The number of nitrogens with zero attached hydrogens (tertiary/aromatic N) is 2. The Morgan fingerprint density at radius 1 is 1.26 bits per heavy atom. The van der Waals surface area contributed by atoms with Crippen LogP contribution < -0.4 is 10.1 Å². The highest BCUT2D eigenvalue weighted by molar-refractivity contribution is 5.66. The lowest BCUT2D eigenvalue weighted by Crippen LogP contribution is -2.12. The standard InChI is InChI=1S/C15H17N3O/c1-16-13-6-4-10-9-11(3-5-12(10)13)14-15(19-2)18-8-7-17-14/h3,5,7-9,13,16H,4,6H2,1-2H3. The smallest absolute Gasteiger partial charge is 0.240 e. The Balaban J connectivity index is 2.04. The number of methoxy groups -OCH3 is 1. The van der Waals surface area contributed by atoms with E-state index < -0.39 is 0 Å². The first-order chi connectivity index (χ1) is 9.33. The molecule has 1 aromatic heterocycles. The predicted molar refractivity (Wildman–Crippen MR) is 74.1 cm³/mol. The molecule has 0 bridgehead atoms. The summed E-state index contributed by atoms with van der Waals surface area (Å²) in [6, 6.07) is 6.97. The van der Waals surface area contributed by atoms with Gasteiger partial charge in [0.1, 0.15) is 5.69 Å². The summed E-state index contributed by atoms with van der Waals surface area (Å²) in [5.41, 5.74) is 4.67. The van der Waals surface area contributed by atoms with E-state index >= 15 is 0 Å². The van der Waals surface area contributed by atoms with Crippen molar-refractivity contribution in [1.29, 1.82) is 0 Å². The highest BCUT2D eigenvalue weighted by Gasteiger charge is 2.21. The second-order valence-corrected chi connectivity index (χ2v) is 4.71. The maximum Gasteiger partial charge on any atom is 0.240 e. The molecule has 98 valence electrons. The zero-order valence-electron chi connectivity index (χ0n) is 11.2. The molecular formula is C15H17N3O. The minimum Gasteiger partial charge on any atom is -0.479 e. The Hall–Kier alpha value is -1.94. The van der Waals surface area contributed by atoms with Gasteiger partial charge in [0.05, 0.1) is 7.11 Å². The molecule has 0 amide bonds. The van der Waals surface area contributed by atoms with E-state index in [1.165, 1.54) is 11.1 Å². The zero-order chi connectivity index (χ0) is 13.2. The Morgan fingerprint density at radius 2 is 2.11 bits per heavy atom. The molecule has 1 N–H and O–H groups in total. The first-order valence-electron chi connectivity index (χ1n) is 6.49. The molecule has 0 saturated heterocycles. The number of aromatic nitrogens is 2. The van der Waals surface area contributed by atoms with Crippen LogP contribution in [0.2, 0.25) is 0 Å². The van der Waals surface area contributed by atoms with Gasteiger partial charge in [-0.2, -0.15) is 0 Å². The number of ether oxygens (including phenoxy) is 1. The molecule has 0 saturated carbocycles. The van der Waals surface area contributed by atoms with Crippen LogP contribution in [0.5, 0.6) is 5.88 Å². The largest absolute Gasteiger partial charge is 0.479 e. The fraction of sp³-hybridized carbons (Fsp3) is 0.333. The molecule has 0 aliphatic heterocycles. The Labute approximate surface area is 112 Å². The van der Waals surface area contributed by atoms with Crippen molar-refractivity contribution in [3.63, 3.8) is 0 Å². The van der Waals surface area contributed by atoms with Gasteiger partial charge in [-0.1, -0.05) is 12.1 Å². The van der Waals surface area contributed by atoms with Gasteiger partial charge < -0.3 is 10.1 Å². The van der Waals surface area contributed by atoms with Crippen LogP contribution in [0.4, 0.5) is 0 Å². The number of rotatable bonds is 3.